The van der Waals surface area contributed by atoms with E-state index in [2.05, 4.69) is 36.8 Å². The van der Waals surface area contributed by atoms with E-state index in [4.69, 9.17) is 19.4 Å². The number of nitrogens with zero attached hydrogens (tertiary/aromatic N) is 3. The van der Waals surface area contributed by atoms with Crippen molar-refractivity contribution < 1.29 is 29.0 Å². The summed E-state index contributed by atoms with van der Waals surface area (Å²) >= 11 is 6.72. The Labute approximate surface area is 220 Å². The third kappa shape index (κ3) is 10.3. The van der Waals surface area contributed by atoms with E-state index < -0.39 is 5.97 Å². The van der Waals surface area contributed by atoms with Crippen LogP contribution in [0, 0.1) is 6.92 Å². The molecule has 1 aromatic heterocycles. The molecule has 1 heterocycles. The first-order chi connectivity index (χ1) is 16.5. The molecule has 0 spiro atoms. The molecule has 1 N–H and O–H groups in total. The molecule has 0 aliphatic carbocycles. The molecule has 0 saturated carbocycles. The second-order valence-corrected chi connectivity index (χ2v) is 8.84. The molecular formula is C24H27Br2N3O6. The molecule has 3 rings (SSSR count). The number of Topliss-reactive ketones (excluding diaryl/α,β-unsaturated/α-hetero) is 1. The van der Waals surface area contributed by atoms with E-state index in [9.17, 15) is 9.59 Å². The van der Waals surface area contributed by atoms with Gasteiger partial charge in [0.05, 0.1) is 44.2 Å². The molecule has 9 nitrogen and oxygen atoms in total. The first kappa shape index (κ1) is 29.9. The number of carbonyl (C=O) groups excluding carboxylic acids is 2. The molecule has 0 atom stereocenters. The lowest BCUT2D eigenvalue weighted by Gasteiger charge is -2.18. The molecule has 2 aromatic carbocycles. The first-order valence-corrected chi connectivity index (χ1v) is 11.7. The number of anilines is 1. The molecule has 0 aliphatic rings. The standard InChI is InChI=1S/C11H11BrN2O.C11H12BrNO3.C2H4O2/c1-8-6-14(7-13-8)10-4-3-9(12)5-11(10)15-2;1-8(15)6-13(7-14)10-4-3-9(12)5-11(10)16-2;1-2(3)4/h3-7H,1-2H3;3-5,7H,6H2,1-2H3;1H3,(H,3,4). The summed E-state index contributed by atoms with van der Waals surface area (Å²) in [4.78, 5) is 36.4. The predicted octanol–water partition coefficient (Wildman–Crippen LogP) is 5.05. The topological polar surface area (TPSA) is 111 Å². The van der Waals surface area contributed by atoms with Crippen LogP contribution in [0.5, 0.6) is 11.5 Å². The van der Waals surface area contributed by atoms with Crippen LogP contribution in [0.3, 0.4) is 0 Å². The average molecular weight is 613 g/mol. The lowest BCUT2D eigenvalue weighted by Crippen LogP contribution is -2.27. The highest BCUT2D eigenvalue weighted by atomic mass is 79.9. The number of imidazole rings is 1. The molecule has 3 aromatic rings. The van der Waals surface area contributed by atoms with E-state index in [0.717, 1.165) is 33.0 Å². The number of amides is 1. The number of aliphatic carboxylic acids is 1. The van der Waals surface area contributed by atoms with Gasteiger partial charge in [-0.1, -0.05) is 31.9 Å². The van der Waals surface area contributed by atoms with Crippen molar-refractivity contribution in [1.82, 2.24) is 9.55 Å². The van der Waals surface area contributed by atoms with Gasteiger partial charge in [0, 0.05) is 22.1 Å². The predicted molar refractivity (Wildman–Crippen MR) is 141 cm³/mol. The maximum atomic E-state index is 11.0. The quantitative estimate of drug-likeness (QED) is 0.372. The largest absolute Gasteiger partial charge is 0.495 e. The minimum atomic E-state index is -0.833. The van der Waals surface area contributed by atoms with Gasteiger partial charge in [-0.2, -0.15) is 0 Å². The van der Waals surface area contributed by atoms with Crippen LogP contribution in [0.15, 0.2) is 57.9 Å². The number of benzene rings is 2. The van der Waals surface area contributed by atoms with Crippen LogP contribution in [0.2, 0.25) is 0 Å². The van der Waals surface area contributed by atoms with Crippen LogP contribution >= 0.6 is 31.9 Å². The summed E-state index contributed by atoms with van der Waals surface area (Å²) in [6.07, 6.45) is 4.36. The highest BCUT2D eigenvalue weighted by Crippen LogP contribution is 2.30. The van der Waals surface area contributed by atoms with Gasteiger partial charge in [-0.25, -0.2) is 4.98 Å². The minimum absolute atomic E-state index is 0.0431. The van der Waals surface area contributed by atoms with Gasteiger partial charge in [0.2, 0.25) is 6.41 Å². The minimum Gasteiger partial charge on any atom is -0.495 e. The Morgan fingerprint density at radius 2 is 1.60 bits per heavy atom. The molecule has 1 amide bonds. The molecule has 11 heteroatoms. The van der Waals surface area contributed by atoms with Crippen molar-refractivity contribution in [3.05, 3.63) is 63.6 Å². The van der Waals surface area contributed by atoms with E-state index >= 15 is 0 Å². The molecule has 0 bridgehead atoms. The molecule has 0 fully saturated rings. The van der Waals surface area contributed by atoms with Crippen LogP contribution in [0.25, 0.3) is 5.69 Å². The first-order valence-electron chi connectivity index (χ1n) is 10.1. The van der Waals surface area contributed by atoms with Crippen LogP contribution in [0.1, 0.15) is 19.5 Å². The molecule has 0 unspecified atom stereocenters. The summed E-state index contributed by atoms with van der Waals surface area (Å²) in [6.45, 7) is 4.52. The fourth-order valence-corrected chi connectivity index (χ4v) is 3.41. The number of hydrogen-bond acceptors (Lipinski definition) is 6. The van der Waals surface area contributed by atoms with Crippen molar-refractivity contribution in [2.75, 3.05) is 25.7 Å². The Kier molecular flexibility index (Phi) is 12.7. The lowest BCUT2D eigenvalue weighted by molar-refractivity contribution is -0.134. The van der Waals surface area contributed by atoms with E-state index in [1.807, 2.05) is 35.9 Å². The Morgan fingerprint density at radius 3 is 2.06 bits per heavy atom. The second-order valence-electron chi connectivity index (χ2n) is 7.01. The third-order valence-electron chi connectivity index (χ3n) is 4.10. The van der Waals surface area contributed by atoms with Crippen LogP contribution < -0.4 is 14.4 Å². The van der Waals surface area contributed by atoms with Gasteiger partial charge >= 0.3 is 0 Å². The number of aryl methyl sites for hydroxylation is 1. The lowest BCUT2D eigenvalue weighted by atomic mass is 10.2. The summed E-state index contributed by atoms with van der Waals surface area (Å²) in [5.41, 5.74) is 2.55. The summed E-state index contributed by atoms with van der Waals surface area (Å²) in [5.74, 6) is 0.446. The number of aromatic nitrogens is 2. The SMILES string of the molecule is CC(=O)O.COc1cc(Br)ccc1-n1cnc(C)c1.COc1cc(Br)ccc1N(C=O)CC(C)=O. The zero-order chi connectivity index (χ0) is 26.5. The fourth-order valence-electron chi connectivity index (χ4n) is 2.73. The average Bonchev–Trinajstić information content (AvgIpc) is 3.23. The highest BCUT2D eigenvalue weighted by molar-refractivity contribution is 9.10. The van der Waals surface area contributed by atoms with Crippen LogP contribution in [-0.4, -0.2) is 53.6 Å². The number of carboxylic acid groups (broad SMARTS) is 1. The van der Waals surface area contributed by atoms with E-state index in [1.54, 1.807) is 31.6 Å². The summed E-state index contributed by atoms with van der Waals surface area (Å²) in [6, 6.07) is 11.2. The maximum Gasteiger partial charge on any atom is 0.300 e. The van der Waals surface area contributed by atoms with Gasteiger partial charge in [-0.3, -0.25) is 14.4 Å². The van der Waals surface area contributed by atoms with Gasteiger partial charge < -0.3 is 24.0 Å². The number of ether oxygens (including phenoxy) is 2. The number of ketones is 1. The number of hydrogen-bond donors (Lipinski definition) is 1. The summed E-state index contributed by atoms with van der Waals surface area (Å²) in [5, 5.41) is 7.42. The molecule has 0 saturated heterocycles. The number of methoxy groups -OCH3 is 2. The van der Waals surface area contributed by atoms with Gasteiger partial charge in [0.1, 0.15) is 17.3 Å². The fraction of sp³-hybridized carbons (Fsp3) is 0.250. The van der Waals surface area contributed by atoms with Crippen molar-refractivity contribution in [2.24, 2.45) is 0 Å². The Balaban J connectivity index is 0.000000304. The van der Waals surface area contributed by atoms with Crippen LogP contribution in [-0.2, 0) is 14.4 Å². The van der Waals surface area contributed by atoms with Crippen LogP contribution in [0.4, 0.5) is 5.69 Å². The van der Waals surface area contributed by atoms with Crippen molar-refractivity contribution in [3.63, 3.8) is 0 Å². The van der Waals surface area contributed by atoms with Crippen molar-refractivity contribution >= 4 is 55.7 Å². The van der Waals surface area contributed by atoms with E-state index in [1.165, 1.54) is 18.9 Å². The van der Waals surface area contributed by atoms with E-state index in [-0.39, 0.29) is 12.3 Å². The molecule has 35 heavy (non-hydrogen) atoms. The summed E-state index contributed by atoms with van der Waals surface area (Å²) < 4.78 is 14.3. The number of carbonyl (C=O) groups is 3. The van der Waals surface area contributed by atoms with Gasteiger partial charge in [0.25, 0.3) is 5.97 Å². The monoisotopic (exact) mass is 611 g/mol. The highest BCUT2D eigenvalue weighted by Gasteiger charge is 2.13. The second kappa shape index (κ2) is 14.9. The normalized spacial score (nSPS) is 9.57. The Hall–Kier alpha value is -3.18. The Bertz CT molecular complexity index is 1150. The number of carboxylic acids is 1. The third-order valence-corrected chi connectivity index (χ3v) is 5.09. The van der Waals surface area contributed by atoms with E-state index in [0.29, 0.717) is 17.8 Å². The smallest absolute Gasteiger partial charge is 0.300 e. The summed E-state index contributed by atoms with van der Waals surface area (Å²) in [7, 11) is 3.18. The Morgan fingerprint density at radius 1 is 1.06 bits per heavy atom. The molecule has 0 radical (unpaired) electrons. The zero-order valence-electron chi connectivity index (χ0n) is 20.0. The van der Waals surface area contributed by atoms with Crippen molar-refractivity contribution in [1.29, 1.82) is 0 Å². The number of rotatable bonds is 7. The molecule has 0 aliphatic heterocycles. The van der Waals surface area contributed by atoms with Gasteiger partial charge in [0.15, 0.2) is 0 Å². The zero-order valence-corrected chi connectivity index (χ0v) is 23.2. The van der Waals surface area contributed by atoms with Gasteiger partial charge in [-0.15, -0.1) is 0 Å². The van der Waals surface area contributed by atoms with Crippen molar-refractivity contribution in [2.45, 2.75) is 20.8 Å². The molecule has 188 valence electrons. The van der Waals surface area contributed by atoms with Gasteiger partial charge in [-0.05, 0) is 50.2 Å². The number of halogens is 2. The molecular weight excluding hydrogens is 586 g/mol. The maximum absolute atomic E-state index is 11.0. The van der Waals surface area contributed by atoms with Crippen molar-refractivity contribution in [3.8, 4) is 17.2 Å².